The second-order valence-corrected chi connectivity index (χ2v) is 7.48. The molecule has 5 nitrogen and oxygen atoms in total. The second-order valence-electron chi connectivity index (χ2n) is 7.48. The van der Waals surface area contributed by atoms with Crippen molar-refractivity contribution in [2.45, 2.75) is 27.3 Å². The fraction of sp³-hybridized carbons (Fsp3) is 0.259. The molecule has 3 rings (SSSR count). The fourth-order valence-electron chi connectivity index (χ4n) is 3.36. The van der Waals surface area contributed by atoms with E-state index in [1.165, 1.54) is 6.92 Å². The van der Waals surface area contributed by atoms with Gasteiger partial charge >= 0.3 is 0 Å². The van der Waals surface area contributed by atoms with E-state index < -0.39 is 6.67 Å². The van der Waals surface area contributed by atoms with Crippen molar-refractivity contribution in [1.82, 2.24) is 4.98 Å². The summed E-state index contributed by atoms with van der Waals surface area (Å²) >= 11 is 0. The molecule has 0 N–H and O–H groups in total. The van der Waals surface area contributed by atoms with Crippen LogP contribution in [-0.4, -0.2) is 31.3 Å². The van der Waals surface area contributed by atoms with Crippen molar-refractivity contribution in [2.24, 2.45) is 0 Å². The number of aryl methyl sites for hydroxylation is 1. The van der Waals surface area contributed by atoms with Gasteiger partial charge in [0, 0.05) is 24.2 Å². The number of carbonyl (C=O) groups is 1. The average molecular weight is 447 g/mol. The number of alkyl halides is 1. The Balaban J connectivity index is 2.01. The molecule has 170 valence electrons. The summed E-state index contributed by atoms with van der Waals surface area (Å²) in [5.41, 5.74) is 4.94. The number of amides is 1. The van der Waals surface area contributed by atoms with E-state index in [0.717, 1.165) is 16.7 Å². The van der Waals surface area contributed by atoms with E-state index >= 15 is 0 Å². The highest BCUT2D eigenvalue weighted by atomic mass is 19.1. The number of benzene rings is 2. The van der Waals surface area contributed by atoms with Gasteiger partial charge in [0.15, 0.2) is 0 Å². The molecule has 0 aliphatic carbocycles. The molecule has 0 unspecified atom stereocenters. The Morgan fingerprint density at radius 3 is 2.67 bits per heavy atom. The van der Waals surface area contributed by atoms with Gasteiger partial charge in [0.25, 0.3) is 0 Å². The van der Waals surface area contributed by atoms with Gasteiger partial charge in [-0.25, -0.2) is 9.37 Å². The van der Waals surface area contributed by atoms with Gasteiger partial charge in [0.2, 0.25) is 5.91 Å². The van der Waals surface area contributed by atoms with Crippen molar-refractivity contribution in [3.63, 3.8) is 0 Å². The summed E-state index contributed by atoms with van der Waals surface area (Å²) in [6.45, 7) is 5.07. The summed E-state index contributed by atoms with van der Waals surface area (Å²) < 4.78 is 23.6. The lowest BCUT2D eigenvalue weighted by molar-refractivity contribution is -0.116. The van der Waals surface area contributed by atoms with E-state index in [1.807, 2.05) is 38.1 Å². The van der Waals surface area contributed by atoms with Crippen molar-refractivity contribution in [3.8, 4) is 23.3 Å². The van der Waals surface area contributed by atoms with Gasteiger partial charge in [-0.1, -0.05) is 18.1 Å². The maximum atomic E-state index is 12.7. The Bertz CT molecular complexity index is 1200. The standard InChI is InChI=1S/C27H27FN2O3/c1-19-7-5-8-22(20(19)2)10-12-25-26(9-6-15-29-25)30(21(3)31)18-23-17-24(32-4)11-13-27(23)33-16-14-28/h5-9,11,13,15,17H,14,16,18H2,1-4H3. The molecule has 1 heterocycles. The summed E-state index contributed by atoms with van der Waals surface area (Å²) in [4.78, 5) is 18.7. The predicted octanol–water partition coefficient (Wildman–Crippen LogP) is 5.01. The van der Waals surface area contributed by atoms with Crippen LogP contribution in [0.2, 0.25) is 0 Å². The van der Waals surface area contributed by atoms with E-state index in [2.05, 4.69) is 16.8 Å². The first-order valence-electron chi connectivity index (χ1n) is 10.6. The Labute approximate surface area is 194 Å². The van der Waals surface area contributed by atoms with Gasteiger partial charge < -0.3 is 14.4 Å². The van der Waals surface area contributed by atoms with Crippen LogP contribution in [0.3, 0.4) is 0 Å². The van der Waals surface area contributed by atoms with Crippen molar-refractivity contribution in [3.05, 3.63) is 82.7 Å². The summed E-state index contributed by atoms with van der Waals surface area (Å²) in [5, 5.41) is 0. The molecule has 0 atom stereocenters. The number of carbonyl (C=O) groups excluding carboxylic acids is 1. The Kier molecular flexibility index (Phi) is 8.04. The topological polar surface area (TPSA) is 51.7 Å². The first-order valence-corrected chi connectivity index (χ1v) is 10.6. The first kappa shape index (κ1) is 23.8. The van der Waals surface area contributed by atoms with Crippen LogP contribution in [0.4, 0.5) is 10.1 Å². The number of aromatic nitrogens is 1. The minimum atomic E-state index is -0.609. The van der Waals surface area contributed by atoms with Gasteiger partial charge in [-0.05, 0) is 67.3 Å². The number of ether oxygens (including phenoxy) is 2. The molecule has 1 aromatic heterocycles. The number of hydrogen-bond donors (Lipinski definition) is 0. The van der Waals surface area contributed by atoms with Crippen LogP contribution in [0, 0.1) is 25.7 Å². The third kappa shape index (κ3) is 5.89. The largest absolute Gasteiger partial charge is 0.497 e. The molecule has 1 amide bonds. The van der Waals surface area contributed by atoms with Crippen molar-refractivity contribution in [2.75, 3.05) is 25.3 Å². The van der Waals surface area contributed by atoms with Crippen LogP contribution >= 0.6 is 0 Å². The zero-order valence-corrected chi connectivity index (χ0v) is 19.3. The molecule has 0 saturated heterocycles. The molecular formula is C27H27FN2O3. The van der Waals surface area contributed by atoms with Crippen LogP contribution < -0.4 is 14.4 Å². The smallest absolute Gasteiger partial charge is 0.224 e. The normalized spacial score (nSPS) is 10.2. The summed E-state index contributed by atoms with van der Waals surface area (Å²) in [7, 11) is 1.56. The molecule has 0 bridgehead atoms. The Morgan fingerprint density at radius 2 is 1.94 bits per heavy atom. The highest BCUT2D eigenvalue weighted by Gasteiger charge is 2.19. The molecule has 3 aromatic rings. The third-order valence-electron chi connectivity index (χ3n) is 5.31. The zero-order valence-electron chi connectivity index (χ0n) is 19.3. The van der Waals surface area contributed by atoms with E-state index in [1.54, 1.807) is 42.5 Å². The monoisotopic (exact) mass is 446 g/mol. The minimum Gasteiger partial charge on any atom is -0.497 e. The average Bonchev–Trinajstić information content (AvgIpc) is 2.82. The number of nitrogens with zero attached hydrogens (tertiary/aromatic N) is 2. The highest BCUT2D eigenvalue weighted by Crippen LogP contribution is 2.29. The van der Waals surface area contributed by atoms with Gasteiger partial charge in [-0.2, -0.15) is 0 Å². The summed E-state index contributed by atoms with van der Waals surface area (Å²) in [6, 6.07) is 14.8. The van der Waals surface area contributed by atoms with Gasteiger partial charge in [0.1, 0.15) is 30.5 Å². The predicted molar refractivity (Wildman–Crippen MR) is 127 cm³/mol. The van der Waals surface area contributed by atoms with E-state index in [9.17, 15) is 9.18 Å². The second kappa shape index (κ2) is 11.1. The lowest BCUT2D eigenvalue weighted by Gasteiger charge is -2.23. The molecule has 0 spiro atoms. The van der Waals surface area contributed by atoms with Crippen LogP contribution in [-0.2, 0) is 11.3 Å². The molecule has 0 radical (unpaired) electrons. The van der Waals surface area contributed by atoms with Crippen LogP contribution in [0.1, 0.15) is 34.9 Å². The first-order chi connectivity index (χ1) is 15.9. The van der Waals surface area contributed by atoms with Crippen molar-refractivity contribution >= 4 is 11.6 Å². The SMILES string of the molecule is COc1ccc(OCCF)c(CN(C(C)=O)c2cccnc2C#Cc2cccc(C)c2C)c1. The minimum absolute atomic E-state index is 0.0706. The lowest BCUT2D eigenvalue weighted by atomic mass is 10.0. The van der Waals surface area contributed by atoms with Crippen molar-refractivity contribution < 1.29 is 18.7 Å². The van der Waals surface area contributed by atoms with E-state index in [4.69, 9.17) is 9.47 Å². The number of anilines is 1. The molecular weight excluding hydrogens is 419 g/mol. The molecule has 6 heteroatoms. The number of hydrogen-bond acceptors (Lipinski definition) is 4. The maximum absolute atomic E-state index is 12.7. The Morgan fingerprint density at radius 1 is 1.12 bits per heavy atom. The quantitative estimate of drug-likeness (QED) is 0.479. The molecule has 2 aromatic carbocycles. The third-order valence-corrected chi connectivity index (χ3v) is 5.31. The van der Waals surface area contributed by atoms with E-state index in [-0.39, 0.29) is 19.1 Å². The van der Waals surface area contributed by atoms with Gasteiger partial charge in [0.05, 0.1) is 19.3 Å². The number of pyridine rings is 1. The number of halogens is 1. The molecule has 0 aliphatic heterocycles. The molecule has 0 aliphatic rings. The summed E-state index contributed by atoms with van der Waals surface area (Å²) in [6.07, 6.45) is 1.65. The van der Waals surface area contributed by atoms with Gasteiger partial charge in [-0.3, -0.25) is 4.79 Å². The Hall–Kier alpha value is -3.85. The molecule has 0 fully saturated rings. The fourth-order valence-corrected chi connectivity index (χ4v) is 3.36. The number of rotatable bonds is 7. The molecule has 33 heavy (non-hydrogen) atoms. The molecule has 0 saturated carbocycles. The zero-order chi connectivity index (χ0) is 23.8. The maximum Gasteiger partial charge on any atom is 0.224 e. The van der Waals surface area contributed by atoms with Gasteiger partial charge in [-0.15, -0.1) is 0 Å². The van der Waals surface area contributed by atoms with Crippen LogP contribution in [0.15, 0.2) is 54.7 Å². The van der Waals surface area contributed by atoms with Crippen LogP contribution in [0.5, 0.6) is 11.5 Å². The lowest BCUT2D eigenvalue weighted by Crippen LogP contribution is -2.29. The van der Waals surface area contributed by atoms with E-state index in [0.29, 0.717) is 28.4 Å². The van der Waals surface area contributed by atoms with Crippen molar-refractivity contribution in [1.29, 1.82) is 0 Å². The summed E-state index contributed by atoms with van der Waals surface area (Å²) in [5.74, 6) is 7.24. The number of methoxy groups -OCH3 is 1. The highest BCUT2D eigenvalue weighted by molar-refractivity contribution is 5.92. The van der Waals surface area contributed by atoms with Crippen LogP contribution in [0.25, 0.3) is 0 Å².